The van der Waals surface area contributed by atoms with Crippen LogP contribution >= 0.6 is 15.9 Å². The van der Waals surface area contributed by atoms with Gasteiger partial charge in [-0.15, -0.1) is 0 Å². The minimum absolute atomic E-state index is 0.337. The molecule has 0 saturated heterocycles. The van der Waals surface area contributed by atoms with Crippen molar-refractivity contribution in [1.29, 1.82) is 0 Å². The van der Waals surface area contributed by atoms with Crippen molar-refractivity contribution in [3.8, 4) is 0 Å². The fourth-order valence-electron chi connectivity index (χ4n) is 1.05. The molecule has 0 aliphatic carbocycles. The van der Waals surface area contributed by atoms with Crippen LogP contribution in [0.25, 0.3) is 0 Å². The molecule has 9 heavy (non-hydrogen) atoms. The molecular weight excluding hydrogens is 178 g/mol. The number of hydrogen-bond acceptors (Lipinski definition) is 1. The van der Waals surface area contributed by atoms with E-state index < -0.39 is 0 Å². The van der Waals surface area contributed by atoms with Gasteiger partial charge in [0.25, 0.3) is 0 Å². The number of alkyl halides is 1. The van der Waals surface area contributed by atoms with Crippen LogP contribution in [-0.4, -0.2) is 17.1 Å². The zero-order valence-corrected chi connectivity index (χ0v) is 7.70. The summed E-state index contributed by atoms with van der Waals surface area (Å²) >= 11 is 3.59. The van der Waals surface area contributed by atoms with Gasteiger partial charge in [-0.2, -0.15) is 0 Å². The molecule has 52 valence electrons. The molecular formula is C7H12BrN. The van der Waals surface area contributed by atoms with Crippen LogP contribution in [0.5, 0.6) is 0 Å². The summed E-state index contributed by atoms with van der Waals surface area (Å²) in [6.07, 6.45) is 0. The Bertz CT molecular complexity index is 149. The van der Waals surface area contributed by atoms with Crippen LogP contribution in [-0.2, 0) is 0 Å². The zero-order valence-electron chi connectivity index (χ0n) is 6.11. The molecule has 1 aliphatic heterocycles. The lowest BCUT2D eigenvalue weighted by Crippen LogP contribution is -2.25. The lowest BCUT2D eigenvalue weighted by molar-refractivity contribution is 0.436. The van der Waals surface area contributed by atoms with Crippen molar-refractivity contribution in [2.24, 2.45) is 10.4 Å². The smallest absolute Gasteiger partial charge is 0.0590 e. The summed E-state index contributed by atoms with van der Waals surface area (Å²) in [5, 5.41) is 0. The number of halogens is 1. The maximum atomic E-state index is 4.34. The summed E-state index contributed by atoms with van der Waals surface area (Å²) in [5.74, 6) is 0. The normalized spacial score (nSPS) is 32.4. The Hall–Kier alpha value is 0.150. The average molecular weight is 190 g/mol. The van der Waals surface area contributed by atoms with Gasteiger partial charge in [0.2, 0.25) is 0 Å². The number of rotatable bonds is 0. The Balaban J connectivity index is 2.73. The standard InChI is InChI=1S/C7H12BrN/c1-5-6(8)7(2,3)4-9-5/h6H,4H2,1-3H3. The van der Waals surface area contributed by atoms with E-state index in [1.807, 2.05) is 0 Å². The van der Waals surface area contributed by atoms with Gasteiger partial charge in [0.05, 0.1) is 4.83 Å². The predicted molar refractivity (Wildman–Crippen MR) is 44.5 cm³/mol. The highest BCUT2D eigenvalue weighted by Gasteiger charge is 2.33. The SMILES string of the molecule is CC1=NCC(C)(C)C1Br. The van der Waals surface area contributed by atoms with E-state index in [4.69, 9.17) is 0 Å². The summed E-state index contributed by atoms with van der Waals surface area (Å²) in [7, 11) is 0. The number of nitrogens with zero attached hydrogens (tertiary/aromatic N) is 1. The highest BCUT2D eigenvalue weighted by Crippen LogP contribution is 2.33. The molecule has 1 atom stereocenters. The van der Waals surface area contributed by atoms with Crippen LogP contribution in [0.2, 0.25) is 0 Å². The first kappa shape index (κ1) is 7.26. The summed E-state index contributed by atoms with van der Waals surface area (Å²) in [6, 6.07) is 0. The highest BCUT2D eigenvalue weighted by atomic mass is 79.9. The molecule has 0 saturated carbocycles. The molecule has 1 aliphatic rings. The molecule has 0 aromatic heterocycles. The lowest BCUT2D eigenvalue weighted by atomic mass is 9.90. The second-order valence-electron chi connectivity index (χ2n) is 3.31. The third kappa shape index (κ3) is 1.18. The molecule has 0 bridgehead atoms. The summed E-state index contributed by atoms with van der Waals surface area (Å²) in [5.41, 5.74) is 1.57. The molecule has 1 heterocycles. The first-order valence-corrected chi connectivity index (χ1v) is 4.10. The molecule has 0 amide bonds. The lowest BCUT2D eigenvalue weighted by Gasteiger charge is -2.20. The first-order chi connectivity index (χ1) is 4.04. The van der Waals surface area contributed by atoms with E-state index in [2.05, 4.69) is 41.7 Å². The molecule has 1 nitrogen and oxygen atoms in total. The van der Waals surface area contributed by atoms with E-state index in [1.54, 1.807) is 0 Å². The zero-order chi connectivity index (χ0) is 7.07. The summed E-state index contributed by atoms with van der Waals surface area (Å²) in [6.45, 7) is 7.50. The number of aliphatic imine (C=N–C) groups is 1. The van der Waals surface area contributed by atoms with Crippen molar-refractivity contribution >= 4 is 21.6 Å². The van der Waals surface area contributed by atoms with Crippen molar-refractivity contribution < 1.29 is 0 Å². The van der Waals surface area contributed by atoms with Gasteiger partial charge in [-0.3, -0.25) is 4.99 Å². The first-order valence-electron chi connectivity index (χ1n) is 3.19. The third-order valence-corrected chi connectivity index (χ3v) is 3.69. The van der Waals surface area contributed by atoms with Crippen LogP contribution < -0.4 is 0 Å². The topological polar surface area (TPSA) is 12.4 Å². The van der Waals surface area contributed by atoms with Crippen LogP contribution in [0.4, 0.5) is 0 Å². The Morgan fingerprint density at radius 3 is 2.33 bits per heavy atom. The molecule has 0 aromatic carbocycles. The van der Waals surface area contributed by atoms with Crippen molar-refractivity contribution in [2.45, 2.75) is 25.6 Å². The minimum Gasteiger partial charge on any atom is -0.293 e. The Kier molecular flexibility index (Phi) is 1.68. The fourth-order valence-corrected chi connectivity index (χ4v) is 1.34. The molecule has 2 heteroatoms. The van der Waals surface area contributed by atoms with Gasteiger partial charge >= 0.3 is 0 Å². The van der Waals surface area contributed by atoms with Gasteiger partial charge in [0.1, 0.15) is 0 Å². The van der Waals surface area contributed by atoms with E-state index in [9.17, 15) is 0 Å². The van der Waals surface area contributed by atoms with Crippen LogP contribution in [0, 0.1) is 5.41 Å². The molecule has 1 rings (SSSR count). The highest BCUT2D eigenvalue weighted by molar-refractivity contribution is 9.10. The second-order valence-corrected chi connectivity index (χ2v) is 4.22. The molecule has 1 unspecified atom stereocenters. The maximum Gasteiger partial charge on any atom is 0.0590 e. The quantitative estimate of drug-likeness (QED) is 0.519. The van der Waals surface area contributed by atoms with Crippen LogP contribution in [0.1, 0.15) is 20.8 Å². The van der Waals surface area contributed by atoms with Gasteiger partial charge in [-0.25, -0.2) is 0 Å². The van der Waals surface area contributed by atoms with Crippen LogP contribution in [0.15, 0.2) is 4.99 Å². The Labute approximate surface area is 64.7 Å². The van der Waals surface area contributed by atoms with Crippen molar-refractivity contribution in [1.82, 2.24) is 0 Å². The second kappa shape index (κ2) is 2.08. The molecule has 0 spiro atoms. The van der Waals surface area contributed by atoms with Crippen LogP contribution in [0.3, 0.4) is 0 Å². The summed E-state index contributed by atoms with van der Waals surface area (Å²) < 4.78 is 0. The molecule has 0 N–H and O–H groups in total. The number of hydrogen-bond donors (Lipinski definition) is 0. The van der Waals surface area contributed by atoms with Gasteiger partial charge < -0.3 is 0 Å². The van der Waals surface area contributed by atoms with Gasteiger partial charge in [-0.05, 0) is 6.92 Å². The molecule has 0 fully saturated rings. The maximum absolute atomic E-state index is 4.34. The minimum atomic E-state index is 0.337. The third-order valence-electron chi connectivity index (χ3n) is 1.79. The Morgan fingerprint density at radius 1 is 1.67 bits per heavy atom. The van der Waals surface area contributed by atoms with Gasteiger partial charge in [-0.1, -0.05) is 29.8 Å². The van der Waals surface area contributed by atoms with Crippen molar-refractivity contribution in [3.05, 3.63) is 0 Å². The van der Waals surface area contributed by atoms with Gasteiger partial charge in [0, 0.05) is 17.7 Å². The van der Waals surface area contributed by atoms with E-state index in [0.717, 1.165) is 6.54 Å². The molecule has 0 aromatic rings. The largest absolute Gasteiger partial charge is 0.293 e. The fraction of sp³-hybridized carbons (Fsp3) is 0.857. The predicted octanol–water partition coefficient (Wildman–Crippen LogP) is 2.25. The van der Waals surface area contributed by atoms with E-state index in [0.29, 0.717) is 10.2 Å². The Morgan fingerprint density at radius 2 is 2.22 bits per heavy atom. The molecule has 0 radical (unpaired) electrons. The summed E-state index contributed by atoms with van der Waals surface area (Å²) in [4.78, 5) is 4.83. The van der Waals surface area contributed by atoms with Crippen molar-refractivity contribution in [3.63, 3.8) is 0 Å². The van der Waals surface area contributed by atoms with Crippen molar-refractivity contribution in [2.75, 3.05) is 6.54 Å². The van der Waals surface area contributed by atoms with E-state index in [-0.39, 0.29) is 0 Å². The van der Waals surface area contributed by atoms with E-state index >= 15 is 0 Å². The van der Waals surface area contributed by atoms with Gasteiger partial charge in [0.15, 0.2) is 0 Å². The van der Waals surface area contributed by atoms with E-state index in [1.165, 1.54) is 5.71 Å². The average Bonchev–Trinajstić information content (AvgIpc) is 1.97. The monoisotopic (exact) mass is 189 g/mol.